The third-order valence-electron chi connectivity index (χ3n) is 3.62. The van der Waals surface area contributed by atoms with E-state index in [0.29, 0.717) is 18.1 Å². The number of carbonyl (C=O) groups excluding carboxylic acids is 1. The van der Waals surface area contributed by atoms with Crippen molar-refractivity contribution in [2.75, 3.05) is 6.54 Å². The molecule has 6 heteroatoms. The summed E-state index contributed by atoms with van der Waals surface area (Å²) in [7, 11) is 0. The molecule has 0 aliphatic heterocycles. The summed E-state index contributed by atoms with van der Waals surface area (Å²) < 4.78 is 5.28. The Kier molecular flexibility index (Phi) is 6.29. The highest BCUT2D eigenvalue weighted by atomic mass is 16.5. The minimum atomic E-state index is -0.290. The largest absolute Gasteiger partial charge is 0.358 e. The molecule has 2 aromatic rings. The smallest absolute Gasteiger partial charge is 0.249 e. The zero-order valence-electron chi connectivity index (χ0n) is 13.8. The lowest BCUT2D eigenvalue weighted by Gasteiger charge is -2.09. The van der Waals surface area contributed by atoms with Gasteiger partial charge >= 0.3 is 0 Å². The van der Waals surface area contributed by atoms with Crippen LogP contribution in [-0.2, 0) is 4.79 Å². The number of aryl methyl sites for hydroxylation is 1. The summed E-state index contributed by atoms with van der Waals surface area (Å²) in [5, 5.41) is 6.90. The van der Waals surface area contributed by atoms with E-state index in [1.54, 1.807) is 0 Å². The van der Waals surface area contributed by atoms with Crippen LogP contribution in [0.5, 0.6) is 0 Å². The van der Waals surface area contributed by atoms with Crippen molar-refractivity contribution in [2.45, 2.75) is 45.6 Å². The molecule has 4 N–H and O–H groups in total. The van der Waals surface area contributed by atoms with Crippen molar-refractivity contribution in [2.24, 2.45) is 0 Å². The average Bonchev–Trinajstić information content (AvgIpc) is 3.02. The van der Waals surface area contributed by atoms with Crippen molar-refractivity contribution >= 4 is 5.91 Å². The SMILES string of the molecule is Cc1cccc(-c2noc([C@@H](C)NC(=O)CCCCC[NH3+])n2)c1. The predicted molar refractivity (Wildman–Crippen MR) is 87.3 cm³/mol. The van der Waals surface area contributed by atoms with Crippen molar-refractivity contribution in [3.8, 4) is 11.4 Å². The van der Waals surface area contributed by atoms with E-state index in [1.807, 2.05) is 38.1 Å². The molecule has 1 aromatic carbocycles. The minimum Gasteiger partial charge on any atom is -0.358 e. The van der Waals surface area contributed by atoms with E-state index in [2.05, 4.69) is 21.2 Å². The van der Waals surface area contributed by atoms with Gasteiger partial charge in [-0.1, -0.05) is 28.9 Å². The molecular formula is C17H25N4O2+. The number of amides is 1. The van der Waals surface area contributed by atoms with E-state index >= 15 is 0 Å². The van der Waals surface area contributed by atoms with Crippen LogP contribution in [0.2, 0.25) is 0 Å². The van der Waals surface area contributed by atoms with Gasteiger partial charge in [-0.2, -0.15) is 4.98 Å². The van der Waals surface area contributed by atoms with Crippen molar-refractivity contribution in [3.05, 3.63) is 35.7 Å². The minimum absolute atomic E-state index is 0.0110. The maximum absolute atomic E-state index is 11.9. The second-order valence-corrected chi connectivity index (χ2v) is 5.78. The standard InChI is InChI=1S/C17H24N4O2/c1-12-7-6-8-14(11-12)16-20-17(23-21-16)13(2)19-15(22)9-4-3-5-10-18/h6-8,11,13H,3-5,9-10,18H2,1-2H3,(H,19,22)/p+1/t13-/m1/s1. The van der Waals surface area contributed by atoms with Gasteiger partial charge in [0.1, 0.15) is 6.04 Å². The molecule has 0 saturated carbocycles. The summed E-state index contributed by atoms with van der Waals surface area (Å²) in [4.78, 5) is 16.3. The Labute approximate surface area is 136 Å². The Morgan fingerprint density at radius 3 is 2.91 bits per heavy atom. The molecule has 0 aliphatic carbocycles. The number of rotatable bonds is 8. The van der Waals surface area contributed by atoms with Gasteiger partial charge in [0.2, 0.25) is 17.6 Å². The van der Waals surface area contributed by atoms with Crippen molar-refractivity contribution in [1.82, 2.24) is 15.5 Å². The molecule has 0 radical (unpaired) electrons. The van der Waals surface area contributed by atoms with Crippen molar-refractivity contribution in [1.29, 1.82) is 0 Å². The van der Waals surface area contributed by atoms with Gasteiger partial charge in [0.25, 0.3) is 0 Å². The van der Waals surface area contributed by atoms with Crippen LogP contribution in [0.4, 0.5) is 0 Å². The number of unbranched alkanes of at least 4 members (excludes halogenated alkanes) is 2. The van der Waals surface area contributed by atoms with Gasteiger partial charge in [-0.3, -0.25) is 4.79 Å². The fourth-order valence-electron chi connectivity index (χ4n) is 2.33. The quantitative estimate of drug-likeness (QED) is 0.728. The van der Waals surface area contributed by atoms with Crippen LogP contribution >= 0.6 is 0 Å². The zero-order valence-corrected chi connectivity index (χ0v) is 13.8. The molecule has 0 spiro atoms. The van der Waals surface area contributed by atoms with Crippen LogP contribution < -0.4 is 11.1 Å². The van der Waals surface area contributed by atoms with E-state index in [4.69, 9.17) is 4.52 Å². The summed E-state index contributed by atoms with van der Waals surface area (Å²) in [6.45, 7) is 4.78. The predicted octanol–water partition coefficient (Wildman–Crippen LogP) is 2.02. The van der Waals surface area contributed by atoms with Gasteiger partial charge < -0.3 is 15.6 Å². The molecular weight excluding hydrogens is 292 g/mol. The molecule has 0 saturated heterocycles. The summed E-state index contributed by atoms with van der Waals surface area (Å²) in [6, 6.07) is 7.62. The maximum Gasteiger partial charge on any atom is 0.249 e. The number of aromatic nitrogens is 2. The van der Waals surface area contributed by atoms with E-state index in [-0.39, 0.29) is 11.9 Å². The number of hydrogen-bond donors (Lipinski definition) is 2. The summed E-state index contributed by atoms with van der Waals surface area (Å²) in [6.07, 6.45) is 3.49. The summed E-state index contributed by atoms with van der Waals surface area (Å²) >= 11 is 0. The topological polar surface area (TPSA) is 95.7 Å². The van der Waals surface area contributed by atoms with Gasteiger partial charge in [-0.15, -0.1) is 0 Å². The average molecular weight is 317 g/mol. The van der Waals surface area contributed by atoms with Crippen LogP contribution in [-0.4, -0.2) is 22.6 Å². The Bertz CT molecular complexity index is 639. The van der Waals surface area contributed by atoms with Crippen LogP contribution in [0.3, 0.4) is 0 Å². The second-order valence-electron chi connectivity index (χ2n) is 5.78. The van der Waals surface area contributed by atoms with Crippen molar-refractivity contribution < 1.29 is 15.1 Å². The lowest BCUT2D eigenvalue weighted by molar-refractivity contribution is -0.368. The zero-order chi connectivity index (χ0) is 16.7. The van der Waals surface area contributed by atoms with Crippen LogP contribution in [0.1, 0.15) is 50.1 Å². The highest BCUT2D eigenvalue weighted by Crippen LogP contribution is 2.19. The van der Waals surface area contributed by atoms with E-state index in [0.717, 1.165) is 36.9 Å². The first-order valence-electron chi connectivity index (χ1n) is 8.09. The fourth-order valence-corrected chi connectivity index (χ4v) is 2.33. The number of carbonyl (C=O) groups is 1. The number of quaternary nitrogens is 1. The first-order chi connectivity index (χ1) is 11.1. The van der Waals surface area contributed by atoms with Gasteiger partial charge in [0, 0.05) is 12.0 Å². The number of nitrogens with zero attached hydrogens (tertiary/aromatic N) is 2. The normalized spacial score (nSPS) is 12.1. The van der Waals surface area contributed by atoms with Crippen LogP contribution in [0.15, 0.2) is 28.8 Å². The van der Waals surface area contributed by atoms with Crippen LogP contribution in [0.25, 0.3) is 11.4 Å². The Morgan fingerprint density at radius 2 is 2.17 bits per heavy atom. The number of benzene rings is 1. The van der Waals surface area contributed by atoms with E-state index < -0.39 is 0 Å². The molecule has 6 nitrogen and oxygen atoms in total. The fraction of sp³-hybridized carbons (Fsp3) is 0.471. The third kappa shape index (κ3) is 5.17. The Hall–Kier alpha value is -2.21. The van der Waals surface area contributed by atoms with Gasteiger partial charge in [-0.25, -0.2) is 0 Å². The number of hydrogen-bond acceptors (Lipinski definition) is 4. The molecule has 23 heavy (non-hydrogen) atoms. The van der Waals surface area contributed by atoms with Crippen LogP contribution in [0, 0.1) is 6.92 Å². The lowest BCUT2D eigenvalue weighted by atomic mass is 10.1. The molecule has 0 bridgehead atoms. The molecule has 1 atom stereocenters. The van der Waals surface area contributed by atoms with E-state index in [9.17, 15) is 4.79 Å². The highest BCUT2D eigenvalue weighted by molar-refractivity contribution is 5.76. The number of nitrogens with one attached hydrogen (secondary N) is 1. The molecule has 2 rings (SSSR count). The lowest BCUT2D eigenvalue weighted by Crippen LogP contribution is -2.50. The summed E-state index contributed by atoms with van der Waals surface area (Å²) in [5.41, 5.74) is 5.84. The highest BCUT2D eigenvalue weighted by Gasteiger charge is 2.17. The molecule has 0 unspecified atom stereocenters. The molecule has 124 valence electrons. The molecule has 1 amide bonds. The maximum atomic E-state index is 11.9. The molecule has 1 heterocycles. The first-order valence-corrected chi connectivity index (χ1v) is 8.09. The first kappa shape index (κ1) is 17.1. The Morgan fingerprint density at radius 1 is 1.35 bits per heavy atom. The third-order valence-corrected chi connectivity index (χ3v) is 3.62. The van der Waals surface area contributed by atoms with Gasteiger partial charge in [-0.05, 0) is 39.2 Å². The molecule has 0 aliphatic rings. The molecule has 0 fully saturated rings. The Balaban J connectivity index is 1.91. The van der Waals surface area contributed by atoms with Gasteiger partial charge in [0.15, 0.2) is 0 Å². The summed E-state index contributed by atoms with van der Waals surface area (Å²) in [5.74, 6) is 0.977. The molecule has 1 aromatic heterocycles. The second kappa shape index (κ2) is 8.43. The monoisotopic (exact) mass is 317 g/mol. The van der Waals surface area contributed by atoms with Crippen molar-refractivity contribution in [3.63, 3.8) is 0 Å². The van der Waals surface area contributed by atoms with Gasteiger partial charge in [0.05, 0.1) is 6.54 Å². The van der Waals surface area contributed by atoms with E-state index in [1.165, 1.54) is 0 Å².